The second-order valence-corrected chi connectivity index (χ2v) is 4.93. The monoisotopic (exact) mass is 312 g/mol. The summed E-state index contributed by atoms with van der Waals surface area (Å²) in [5.74, 6) is 1.15. The molecule has 1 unspecified atom stereocenters. The highest BCUT2D eigenvalue weighted by Crippen LogP contribution is 2.25. The third-order valence-corrected chi connectivity index (χ3v) is 3.35. The lowest BCUT2D eigenvalue weighted by molar-refractivity contribution is -0.117. The van der Waals surface area contributed by atoms with Crippen LogP contribution in [0.25, 0.3) is 6.08 Å². The number of pyridine rings is 1. The smallest absolute Gasteiger partial charge is 0.244 e. The molecule has 0 saturated heterocycles. The number of carbonyl (C=O) groups excluding carboxylic acids is 1. The number of hydrogen-bond donors (Lipinski definition) is 1. The highest BCUT2D eigenvalue weighted by molar-refractivity contribution is 5.92. The number of rotatable bonds is 6. The summed E-state index contributed by atoms with van der Waals surface area (Å²) in [6, 6.07) is 10.9. The summed E-state index contributed by atoms with van der Waals surface area (Å²) in [5, 5.41) is 2.87. The first kappa shape index (κ1) is 16.5. The molecule has 2 aromatic rings. The van der Waals surface area contributed by atoms with E-state index in [4.69, 9.17) is 9.47 Å². The van der Waals surface area contributed by atoms with Gasteiger partial charge in [0.1, 0.15) is 11.5 Å². The highest BCUT2D eigenvalue weighted by atomic mass is 16.5. The molecule has 1 aromatic heterocycles. The summed E-state index contributed by atoms with van der Waals surface area (Å²) in [5.41, 5.74) is 1.62. The maximum Gasteiger partial charge on any atom is 0.244 e. The average molecular weight is 312 g/mol. The van der Waals surface area contributed by atoms with E-state index in [1.807, 2.05) is 37.3 Å². The Morgan fingerprint density at radius 1 is 1.22 bits per heavy atom. The van der Waals surface area contributed by atoms with Gasteiger partial charge in [0.2, 0.25) is 5.91 Å². The average Bonchev–Trinajstić information content (AvgIpc) is 2.60. The molecule has 0 aliphatic carbocycles. The number of ether oxygens (including phenoxy) is 2. The fraction of sp³-hybridized carbons (Fsp3) is 0.222. The Labute approximate surface area is 136 Å². The number of carbonyl (C=O) groups is 1. The summed E-state index contributed by atoms with van der Waals surface area (Å²) in [6.07, 6.45) is 4.89. The van der Waals surface area contributed by atoms with Crippen LogP contribution < -0.4 is 14.8 Å². The molecule has 1 amide bonds. The molecule has 5 nitrogen and oxygen atoms in total. The Morgan fingerprint density at radius 3 is 2.70 bits per heavy atom. The zero-order valence-corrected chi connectivity index (χ0v) is 13.4. The Morgan fingerprint density at radius 2 is 2.04 bits per heavy atom. The predicted octanol–water partition coefficient (Wildman–Crippen LogP) is 2.99. The van der Waals surface area contributed by atoms with Crippen molar-refractivity contribution in [2.24, 2.45) is 0 Å². The first-order valence-corrected chi connectivity index (χ1v) is 7.25. The van der Waals surface area contributed by atoms with Gasteiger partial charge in [-0.25, -0.2) is 0 Å². The van der Waals surface area contributed by atoms with E-state index >= 15 is 0 Å². The van der Waals surface area contributed by atoms with Crippen LogP contribution >= 0.6 is 0 Å². The van der Waals surface area contributed by atoms with Gasteiger partial charge < -0.3 is 14.8 Å². The van der Waals surface area contributed by atoms with E-state index in [1.54, 1.807) is 32.6 Å². The van der Waals surface area contributed by atoms with Crippen LogP contribution in [0.15, 0.2) is 48.7 Å². The second-order valence-electron chi connectivity index (χ2n) is 4.93. The van der Waals surface area contributed by atoms with Crippen LogP contribution in [0.4, 0.5) is 0 Å². The minimum Gasteiger partial charge on any atom is -0.497 e. The summed E-state index contributed by atoms with van der Waals surface area (Å²) < 4.78 is 10.4. The van der Waals surface area contributed by atoms with Crippen LogP contribution in [-0.4, -0.2) is 25.1 Å². The Kier molecular flexibility index (Phi) is 5.74. The molecule has 0 radical (unpaired) electrons. The number of aromatic nitrogens is 1. The molecular formula is C18H20N2O3. The number of hydrogen-bond acceptors (Lipinski definition) is 4. The van der Waals surface area contributed by atoms with Crippen LogP contribution in [0.2, 0.25) is 0 Å². The largest absolute Gasteiger partial charge is 0.497 e. The van der Waals surface area contributed by atoms with Crippen LogP contribution in [0, 0.1) is 0 Å². The maximum absolute atomic E-state index is 12.0. The van der Waals surface area contributed by atoms with Gasteiger partial charge in [0.05, 0.1) is 26.0 Å². The zero-order valence-electron chi connectivity index (χ0n) is 13.4. The number of nitrogens with zero attached hydrogens (tertiary/aromatic N) is 1. The van der Waals surface area contributed by atoms with Crippen molar-refractivity contribution < 1.29 is 14.3 Å². The Hall–Kier alpha value is -2.82. The first-order valence-electron chi connectivity index (χ1n) is 7.25. The van der Waals surface area contributed by atoms with Gasteiger partial charge in [-0.3, -0.25) is 9.78 Å². The lowest BCUT2D eigenvalue weighted by Crippen LogP contribution is -2.25. The minimum absolute atomic E-state index is 0.161. The number of methoxy groups -OCH3 is 2. The molecule has 0 saturated carbocycles. The van der Waals surface area contributed by atoms with Crippen molar-refractivity contribution in [1.29, 1.82) is 0 Å². The lowest BCUT2D eigenvalue weighted by Gasteiger charge is -2.11. The number of amides is 1. The van der Waals surface area contributed by atoms with E-state index in [9.17, 15) is 4.79 Å². The standard InChI is InChI=1S/C18H20N2O3/c1-13(16-6-4-5-11-19-16)20-18(21)10-8-14-7-9-15(22-2)12-17(14)23-3/h4-13H,1-3H3,(H,20,21)/b10-8+. The molecule has 1 heterocycles. The number of nitrogens with one attached hydrogen (secondary N) is 1. The number of benzene rings is 1. The van der Waals surface area contributed by atoms with E-state index in [2.05, 4.69) is 10.3 Å². The van der Waals surface area contributed by atoms with Crippen molar-refractivity contribution >= 4 is 12.0 Å². The second kappa shape index (κ2) is 7.98. The van der Waals surface area contributed by atoms with E-state index in [1.165, 1.54) is 6.08 Å². The van der Waals surface area contributed by atoms with Gasteiger partial charge in [-0.15, -0.1) is 0 Å². The SMILES string of the molecule is COc1ccc(/C=C/C(=O)NC(C)c2ccccn2)c(OC)c1. The molecule has 23 heavy (non-hydrogen) atoms. The molecule has 0 spiro atoms. The van der Waals surface area contributed by atoms with Crippen molar-refractivity contribution in [1.82, 2.24) is 10.3 Å². The van der Waals surface area contributed by atoms with Gasteiger partial charge in [0.25, 0.3) is 0 Å². The molecule has 0 aliphatic heterocycles. The van der Waals surface area contributed by atoms with E-state index in [0.717, 1.165) is 11.3 Å². The fourth-order valence-corrected chi connectivity index (χ4v) is 2.09. The molecule has 0 aliphatic rings. The van der Waals surface area contributed by atoms with Crippen molar-refractivity contribution in [3.63, 3.8) is 0 Å². The van der Waals surface area contributed by atoms with Crippen molar-refractivity contribution in [3.05, 3.63) is 59.9 Å². The summed E-state index contributed by atoms with van der Waals surface area (Å²) in [6.45, 7) is 1.89. The molecule has 2 rings (SSSR count). The maximum atomic E-state index is 12.0. The normalized spacial score (nSPS) is 12.0. The van der Waals surface area contributed by atoms with Crippen LogP contribution in [0.5, 0.6) is 11.5 Å². The van der Waals surface area contributed by atoms with Gasteiger partial charge in [0.15, 0.2) is 0 Å². The van der Waals surface area contributed by atoms with Crippen LogP contribution in [0.3, 0.4) is 0 Å². The van der Waals surface area contributed by atoms with Gasteiger partial charge in [-0.1, -0.05) is 6.07 Å². The van der Waals surface area contributed by atoms with Gasteiger partial charge >= 0.3 is 0 Å². The van der Waals surface area contributed by atoms with Crippen LogP contribution in [0.1, 0.15) is 24.2 Å². The fourth-order valence-electron chi connectivity index (χ4n) is 2.09. The molecule has 1 N–H and O–H groups in total. The third kappa shape index (κ3) is 4.57. The van der Waals surface area contributed by atoms with E-state index < -0.39 is 0 Å². The summed E-state index contributed by atoms with van der Waals surface area (Å²) in [7, 11) is 3.17. The van der Waals surface area contributed by atoms with Gasteiger partial charge in [-0.05, 0) is 37.3 Å². The zero-order chi connectivity index (χ0) is 16.7. The summed E-state index contributed by atoms with van der Waals surface area (Å²) in [4.78, 5) is 16.3. The molecule has 5 heteroatoms. The predicted molar refractivity (Wildman–Crippen MR) is 89.4 cm³/mol. The molecule has 0 bridgehead atoms. The van der Waals surface area contributed by atoms with Gasteiger partial charge in [-0.2, -0.15) is 0 Å². The lowest BCUT2D eigenvalue weighted by atomic mass is 10.1. The Balaban J connectivity index is 2.04. The van der Waals surface area contributed by atoms with Crippen molar-refractivity contribution in [2.75, 3.05) is 14.2 Å². The quantitative estimate of drug-likeness (QED) is 0.833. The van der Waals surface area contributed by atoms with E-state index in [0.29, 0.717) is 11.5 Å². The molecular weight excluding hydrogens is 292 g/mol. The molecule has 1 atom stereocenters. The minimum atomic E-state index is -0.193. The Bertz CT molecular complexity index is 684. The molecule has 1 aromatic carbocycles. The topological polar surface area (TPSA) is 60.5 Å². The molecule has 0 fully saturated rings. The van der Waals surface area contributed by atoms with Crippen molar-refractivity contribution in [3.8, 4) is 11.5 Å². The highest BCUT2D eigenvalue weighted by Gasteiger charge is 2.08. The van der Waals surface area contributed by atoms with Crippen LogP contribution in [-0.2, 0) is 4.79 Å². The summed E-state index contributed by atoms with van der Waals surface area (Å²) >= 11 is 0. The van der Waals surface area contributed by atoms with Gasteiger partial charge in [0, 0.05) is 23.9 Å². The third-order valence-electron chi connectivity index (χ3n) is 3.35. The first-order chi connectivity index (χ1) is 11.1. The molecule has 120 valence electrons. The van der Waals surface area contributed by atoms with E-state index in [-0.39, 0.29) is 11.9 Å². The van der Waals surface area contributed by atoms with Crippen molar-refractivity contribution in [2.45, 2.75) is 13.0 Å².